The topological polar surface area (TPSA) is 38.5 Å². The zero-order chi connectivity index (χ0) is 14.9. The van der Waals surface area contributed by atoms with E-state index in [0.29, 0.717) is 24.8 Å². The third-order valence-electron chi connectivity index (χ3n) is 3.91. The lowest BCUT2D eigenvalue weighted by Crippen LogP contribution is -2.49. The van der Waals surface area contributed by atoms with Crippen molar-refractivity contribution in [2.75, 3.05) is 19.7 Å². The maximum absolute atomic E-state index is 14.1. The highest BCUT2D eigenvalue weighted by molar-refractivity contribution is 5.30. The highest BCUT2D eigenvalue weighted by atomic mass is 19.1. The van der Waals surface area contributed by atoms with Gasteiger partial charge in [0.05, 0.1) is 18.8 Å². The van der Waals surface area contributed by atoms with Gasteiger partial charge in [-0.1, -0.05) is 6.07 Å². The van der Waals surface area contributed by atoms with Crippen LogP contribution < -0.4 is 5.73 Å². The number of nitrogens with zero attached hydrogens (tertiary/aromatic N) is 1. The molecule has 3 nitrogen and oxygen atoms in total. The molecule has 0 spiro atoms. The molecule has 0 radical (unpaired) electrons. The van der Waals surface area contributed by atoms with Crippen LogP contribution in [0.1, 0.15) is 31.0 Å². The summed E-state index contributed by atoms with van der Waals surface area (Å²) < 4.78 is 33.7. The number of morpholine rings is 1. The predicted octanol–water partition coefficient (Wildman–Crippen LogP) is 2.38. The molecule has 1 heterocycles. The summed E-state index contributed by atoms with van der Waals surface area (Å²) in [6.45, 7) is 7.72. The molecule has 112 valence electrons. The zero-order valence-electron chi connectivity index (χ0n) is 12.2. The van der Waals surface area contributed by atoms with Crippen molar-refractivity contribution in [3.05, 3.63) is 34.9 Å². The summed E-state index contributed by atoms with van der Waals surface area (Å²) in [5, 5.41) is 0. The Hall–Kier alpha value is -1.04. The first-order valence-corrected chi connectivity index (χ1v) is 6.97. The molecule has 1 saturated heterocycles. The Balaban J connectivity index is 2.23. The molecule has 0 bridgehead atoms. The van der Waals surface area contributed by atoms with Gasteiger partial charge in [-0.3, -0.25) is 4.90 Å². The number of hydrogen-bond acceptors (Lipinski definition) is 3. The van der Waals surface area contributed by atoms with Crippen LogP contribution in [-0.2, 0) is 4.74 Å². The van der Waals surface area contributed by atoms with E-state index in [9.17, 15) is 8.78 Å². The quantitative estimate of drug-likeness (QED) is 0.926. The van der Waals surface area contributed by atoms with Crippen molar-refractivity contribution in [2.45, 2.75) is 39.0 Å². The van der Waals surface area contributed by atoms with E-state index in [2.05, 4.69) is 18.7 Å². The lowest BCUT2D eigenvalue weighted by atomic mass is 9.97. The van der Waals surface area contributed by atoms with Crippen LogP contribution in [0.3, 0.4) is 0 Å². The maximum atomic E-state index is 14.1. The van der Waals surface area contributed by atoms with Crippen molar-refractivity contribution in [1.82, 2.24) is 4.90 Å². The van der Waals surface area contributed by atoms with Gasteiger partial charge in [0.1, 0.15) is 11.6 Å². The van der Waals surface area contributed by atoms with Gasteiger partial charge in [-0.25, -0.2) is 8.78 Å². The molecule has 1 aromatic carbocycles. The Bertz CT molecular complexity index is 479. The second-order valence-electron chi connectivity index (χ2n) is 5.62. The number of aryl methyl sites for hydroxylation is 1. The van der Waals surface area contributed by atoms with E-state index in [1.54, 1.807) is 6.92 Å². The van der Waals surface area contributed by atoms with E-state index in [0.717, 1.165) is 6.54 Å². The van der Waals surface area contributed by atoms with E-state index in [-0.39, 0.29) is 5.56 Å². The fourth-order valence-electron chi connectivity index (χ4n) is 2.55. The zero-order valence-corrected chi connectivity index (χ0v) is 12.2. The van der Waals surface area contributed by atoms with Gasteiger partial charge in [0.25, 0.3) is 0 Å². The summed E-state index contributed by atoms with van der Waals surface area (Å²) >= 11 is 0. The van der Waals surface area contributed by atoms with Crippen LogP contribution in [-0.4, -0.2) is 36.7 Å². The number of hydrogen-bond donors (Lipinski definition) is 1. The number of ether oxygens (including phenoxy) is 1. The van der Waals surface area contributed by atoms with Gasteiger partial charge in [0, 0.05) is 24.7 Å². The molecule has 1 aliphatic heterocycles. The summed E-state index contributed by atoms with van der Waals surface area (Å²) in [7, 11) is 0. The molecular formula is C15H22F2N2O. The smallest absolute Gasteiger partial charge is 0.133 e. The second kappa shape index (κ2) is 6.16. The van der Waals surface area contributed by atoms with E-state index in [1.807, 2.05) is 0 Å². The Morgan fingerprint density at radius 2 is 2.05 bits per heavy atom. The van der Waals surface area contributed by atoms with Crippen molar-refractivity contribution >= 4 is 0 Å². The molecule has 1 aromatic rings. The van der Waals surface area contributed by atoms with Gasteiger partial charge in [-0.15, -0.1) is 0 Å². The molecule has 0 aromatic heterocycles. The van der Waals surface area contributed by atoms with Gasteiger partial charge in [-0.2, -0.15) is 0 Å². The van der Waals surface area contributed by atoms with Crippen molar-refractivity contribution in [1.29, 1.82) is 0 Å². The summed E-state index contributed by atoms with van der Waals surface area (Å²) in [5.74, 6) is -1.17. The normalized spacial score (nSPS) is 22.2. The molecule has 2 rings (SSSR count). The molecule has 2 unspecified atom stereocenters. The molecule has 2 atom stereocenters. The van der Waals surface area contributed by atoms with E-state index in [4.69, 9.17) is 10.5 Å². The largest absolute Gasteiger partial charge is 0.374 e. The van der Waals surface area contributed by atoms with Crippen molar-refractivity contribution < 1.29 is 13.5 Å². The monoisotopic (exact) mass is 284 g/mol. The van der Waals surface area contributed by atoms with Gasteiger partial charge >= 0.3 is 0 Å². The average molecular weight is 284 g/mol. The molecule has 20 heavy (non-hydrogen) atoms. The molecule has 1 fully saturated rings. The van der Waals surface area contributed by atoms with E-state index in [1.165, 1.54) is 12.1 Å². The first-order chi connectivity index (χ1) is 9.41. The minimum atomic E-state index is -0.795. The lowest BCUT2D eigenvalue weighted by molar-refractivity contribution is -0.0511. The van der Waals surface area contributed by atoms with E-state index >= 15 is 0 Å². The van der Waals surface area contributed by atoms with Crippen molar-refractivity contribution in [2.24, 2.45) is 5.73 Å². The van der Waals surface area contributed by atoms with Crippen LogP contribution in [0.4, 0.5) is 8.78 Å². The van der Waals surface area contributed by atoms with Crippen molar-refractivity contribution in [3.63, 3.8) is 0 Å². The second-order valence-corrected chi connectivity index (χ2v) is 5.62. The summed E-state index contributed by atoms with van der Waals surface area (Å²) in [4.78, 5) is 2.21. The number of halogens is 2. The number of rotatable bonds is 3. The highest BCUT2D eigenvalue weighted by Crippen LogP contribution is 2.27. The Morgan fingerprint density at radius 1 is 1.35 bits per heavy atom. The first-order valence-electron chi connectivity index (χ1n) is 6.97. The summed E-state index contributed by atoms with van der Waals surface area (Å²) in [5.41, 5.74) is 6.40. The van der Waals surface area contributed by atoms with Gasteiger partial charge in [0.15, 0.2) is 0 Å². The summed E-state index contributed by atoms with van der Waals surface area (Å²) in [6.07, 6.45) is -0.392. The Morgan fingerprint density at radius 3 is 2.70 bits per heavy atom. The minimum absolute atomic E-state index is 0.0689. The molecular weight excluding hydrogens is 262 g/mol. The average Bonchev–Trinajstić information content (AvgIpc) is 2.43. The highest BCUT2D eigenvalue weighted by Gasteiger charge is 2.31. The molecule has 2 N–H and O–H groups in total. The molecule has 0 aliphatic carbocycles. The van der Waals surface area contributed by atoms with Crippen LogP contribution in [0.25, 0.3) is 0 Å². The molecule has 0 amide bonds. The van der Waals surface area contributed by atoms with E-state index < -0.39 is 23.8 Å². The number of benzene rings is 1. The Kier molecular flexibility index (Phi) is 4.73. The SMILES string of the molecule is Cc1ccc(F)c(C(N)C2CN(C(C)C)CCO2)c1F. The predicted molar refractivity (Wildman–Crippen MR) is 74.5 cm³/mol. The lowest BCUT2D eigenvalue weighted by Gasteiger charge is -2.38. The standard InChI is InChI=1S/C15H22F2N2O/c1-9(2)19-6-7-20-12(8-19)15(18)13-11(16)5-4-10(3)14(13)17/h4-5,9,12,15H,6-8,18H2,1-3H3. The van der Waals surface area contributed by atoms with Crippen LogP contribution in [0, 0.1) is 18.6 Å². The van der Waals surface area contributed by atoms with Crippen LogP contribution >= 0.6 is 0 Å². The fourth-order valence-corrected chi connectivity index (χ4v) is 2.55. The third-order valence-corrected chi connectivity index (χ3v) is 3.91. The van der Waals surface area contributed by atoms with Gasteiger partial charge < -0.3 is 10.5 Å². The Labute approximate surface area is 118 Å². The maximum Gasteiger partial charge on any atom is 0.133 e. The molecule has 1 aliphatic rings. The summed E-state index contributed by atoms with van der Waals surface area (Å²) in [6, 6.07) is 2.25. The van der Waals surface area contributed by atoms with Crippen LogP contribution in [0.15, 0.2) is 12.1 Å². The van der Waals surface area contributed by atoms with Crippen LogP contribution in [0.2, 0.25) is 0 Å². The first kappa shape index (κ1) is 15.4. The third kappa shape index (κ3) is 3.00. The molecule has 0 saturated carbocycles. The van der Waals surface area contributed by atoms with Crippen molar-refractivity contribution in [3.8, 4) is 0 Å². The van der Waals surface area contributed by atoms with Gasteiger partial charge in [0.2, 0.25) is 0 Å². The van der Waals surface area contributed by atoms with Gasteiger partial charge in [-0.05, 0) is 32.4 Å². The number of nitrogens with two attached hydrogens (primary N) is 1. The fraction of sp³-hybridized carbons (Fsp3) is 0.600. The minimum Gasteiger partial charge on any atom is -0.374 e. The van der Waals surface area contributed by atoms with Crippen LogP contribution in [0.5, 0.6) is 0 Å². The molecule has 5 heteroatoms.